The number of amides is 1. The first kappa shape index (κ1) is 22.3. The summed E-state index contributed by atoms with van der Waals surface area (Å²) in [5.41, 5.74) is 7.73. The van der Waals surface area contributed by atoms with E-state index in [1.165, 1.54) is 11.3 Å². The van der Waals surface area contributed by atoms with E-state index in [0.29, 0.717) is 21.9 Å². The number of anilines is 1. The number of nitrogen functional groups attached to an aromatic ring is 1. The van der Waals surface area contributed by atoms with Crippen LogP contribution < -0.4 is 15.8 Å². The zero-order valence-corrected chi connectivity index (χ0v) is 18.5. The van der Waals surface area contributed by atoms with Gasteiger partial charge in [-0.3, -0.25) is 10.7 Å². The lowest BCUT2D eigenvalue weighted by Crippen LogP contribution is -2.21. The van der Waals surface area contributed by atoms with Gasteiger partial charge in [-0.25, -0.2) is 4.79 Å². The molecule has 1 atom stereocenters. The average Bonchev–Trinajstić information content (AvgIpc) is 3.28. The molecule has 0 saturated carbocycles. The number of amidine groups is 1. The van der Waals surface area contributed by atoms with Gasteiger partial charge in [0.2, 0.25) is 0 Å². The smallest absolute Gasteiger partial charge is 0.411 e. The highest BCUT2D eigenvalue weighted by atomic mass is 32.1. The minimum absolute atomic E-state index is 0.00651. The molecule has 0 saturated heterocycles. The number of carbonyl (C=O) groups is 1. The van der Waals surface area contributed by atoms with Crippen LogP contribution in [0.15, 0.2) is 78.9 Å². The summed E-state index contributed by atoms with van der Waals surface area (Å²) in [6.07, 6.45) is -1.17. The van der Waals surface area contributed by atoms with Crippen LogP contribution in [0.5, 0.6) is 5.75 Å². The van der Waals surface area contributed by atoms with E-state index in [1.54, 1.807) is 24.3 Å². The molecule has 0 fully saturated rings. The zero-order valence-electron chi connectivity index (χ0n) is 17.7. The lowest BCUT2D eigenvalue weighted by molar-refractivity contribution is 0.0910. The highest BCUT2D eigenvalue weighted by Crippen LogP contribution is 2.35. The molecule has 3 aromatic carbocycles. The Bertz CT molecular complexity index is 1270. The van der Waals surface area contributed by atoms with Gasteiger partial charge in [-0.2, -0.15) is 0 Å². The molecule has 1 aromatic heterocycles. The number of nitrogens with one attached hydrogen (secondary N) is 2. The minimum atomic E-state index is -0.623. The van der Waals surface area contributed by atoms with Crippen molar-refractivity contribution in [2.45, 2.75) is 12.7 Å². The third-order valence-electron chi connectivity index (χ3n) is 4.95. The number of thiophene rings is 1. The Morgan fingerprint density at radius 3 is 2.61 bits per heavy atom. The van der Waals surface area contributed by atoms with E-state index in [9.17, 15) is 9.90 Å². The van der Waals surface area contributed by atoms with E-state index in [1.807, 2.05) is 54.6 Å². The average molecular weight is 462 g/mol. The van der Waals surface area contributed by atoms with Gasteiger partial charge in [0.25, 0.3) is 0 Å². The van der Waals surface area contributed by atoms with Crippen LogP contribution in [0.25, 0.3) is 10.1 Å². The quantitative estimate of drug-likeness (QED) is 0.216. The number of aliphatic hydroxyl groups excluding tert-OH is 1. The molecule has 5 N–H and O–H groups in total. The molecular formula is C25H23N3O4S. The van der Waals surface area contributed by atoms with Gasteiger partial charge < -0.3 is 20.3 Å². The first-order chi connectivity index (χ1) is 16.0. The Kier molecular flexibility index (Phi) is 6.87. The van der Waals surface area contributed by atoms with E-state index in [4.69, 9.17) is 20.6 Å². The van der Waals surface area contributed by atoms with Crippen LogP contribution in [0.3, 0.4) is 0 Å². The molecule has 168 valence electrons. The molecule has 0 aliphatic heterocycles. The standard InChI is InChI=1S/C25H23N3O4S/c26-24(27)23-13-19-20(10-5-11-22(19)33-23)32-21(17-7-2-1-3-8-17)15-31-25(30)28-18-9-4-6-16(12-18)14-29/h1-13,21,29H,14-15H2,(H3,26,27)(H,28,30). The van der Waals surface area contributed by atoms with Crippen LogP contribution >= 0.6 is 11.3 Å². The summed E-state index contributed by atoms with van der Waals surface area (Å²) < 4.78 is 12.7. The van der Waals surface area contributed by atoms with Crippen LogP contribution in [-0.2, 0) is 11.3 Å². The Morgan fingerprint density at radius 2 is 1.85 bits per heavy atom. The number of benzene rings is 3. The maximum atomic E-state index is 12.4. The monoisotopic (exact) mass is 461 g/mol. The van der Waals surface area contributed by atoms with Crippen molar-refractivity contribution in [2.75, 3.05) is 11.9 Å². The largest absolute Gasteiger partial charge is 0.481 e. The summed E-state index contributed by atoms with van der Waals surface area (Å²) in [6.45, 7) is -0.135. The lowest BCUT2D eigenvalue weighted by Gasteiger charge is -2.20. The van der Waals surface area contributed by atoms with Crippen LogP contribution in [0.1, 0.15) is 22.1 Å². The maximum absolute atomic E-state index is 12.4. The van der Waals surface area contributed by atoms with E-state index in [2.05, 4.69) is 5.32 Å². The summed E-state index contributed by atoms with van der Waals surface area (Å²) in [4.78, 5) is 13.1. The second kappa shape index (κ2) is 10.2. The van der Waals surface area contributed by atoms with Gasteiger partial charge in [0, 0.05) is 15.8 Å². The van der Waals surface area contributed by atoms with Crippen molar-refractivity contribution in [3.63, 3.8) is 0 Å². The van der Waals surface area contributed by atoms with Crippen molar-refractivity contribution < 1.29 is 19.4 Å². The Hall–Kier alpha value is -3.88. The fourth-order valence-electron chi connectivity index (χ4n) is 3.34. The Morgan fingerprint density at radius 1 is 1.06 bits per heavy atom. The molecule has 8 heteroatoms. The van der Waals surface area contributed by atoms with Gasteiger partial charge in [-0.1, -0.05) is 48.5 Å². The normalized spacial score (nSPS) is 11.7. The third kappa shape index (κ3) is 5.49. The predicted molar refractivity (Wildman–Crippen MR) is 130 cm³/mol. The van der Waals surface area contributed by atoms with Gasteiger partial charge in [-0.15, -0.1) is 11.3 Å². The number of aliphatic hydroxyl groups is 1. The van der Waals surface area contributed by atoms with Crippen LogP contribution in [0.4, 0.5) is 10.5 Å². The minimum Gasteiger partial charge on any atom is -0.481 e. The summed E-state index contributed by atoms with van der Waals surface area (Å²) in [6, 6.07) is 23.9. The molecule has 0 radical (unpaired) electrons. The van der Waals surface area contributed by atoms with Crippen molar-refractivity contribution in [3.8, 4) is 5.75 Å². The molecule has 0 aliphatic rings. The van der Waals surface area contributed by atoms with Gasteiger partial charge >= 0.3 is 6.09 Å². The molecule has 33 heavy (non-hydrogen) atoms. The topological polar surface area (TPSA) is 118 Å². The summed E-state index contributed by atoms with van der Waals surface area (Å²) >= 11 is 1.42. The number of rotatable bonds is 8. The number of carbonyl (C=O) groups excluding carboxylic acids is 1. The van der Waals surface area contributed by atoms with Crippen LogP contribution in [0, 0.1) is 5.41 Å². The van der Waals surface area contributed by atoms with E-state index < -0.39 is 12.2 Å². The second-order valence-electron chi connectivity index (χ2n) is 7.29. The molecule has 1 amide bonds. The van der Waals surface area contributed by atoms with Crippen molar-refractivity contribution in [1.29, 1.82) is 5.41 Å². The molecule has 1 heterocycles. The third-order valence-corrected chi connectivity index (χ3v) is 6.08. The van der Waals surface area contributed by atoms with Crippen molar-refractivity contribution in [3.05, 3.63) is 94.9 Å². The number of nitrogens with two attached hydrogens (primary N) is 1. The molecule has 4 rings (SSSR count). The lowest BCUT2D eigenvalue weighted by atomic mass is 10.1. The second-order valence-corrected chi connectivity index (χ2v) is 8.38. The van der Waals surface area contributed by atoms with Crippen LogP contribution in [0.2, 0.25) is 0 Å². The number of fused-ring (bicyclic) bond motifs is 1. The number of ether oxygens (including phenoxy) is 2. The number of hydrogen-bond acceptors (Lipinski definition) is 6. The first-order valence-corrected chi connectivity index (χ1v) is 11.1. The molecule has 4 aromatic rings. The van der Waals surface area contributed by atoms with Crippen LogP contribution in [-0.4, -0.2) is 23.6 Å². The predicted octanol–water partition coefficient (Wildman–Crippen LogP) is 5.05. The zero-order chi connectivity index (χ0) is 23.2. The van der Waals surface area contributed by atoms with E-state index in [-0.39, 0.29) is 19.0 Å². The maximum Gasteiger partial charge on any atom is 0.411 e. The Labute approximate surface area is 194 Å². The van der Waals surface area contributed by atoms with Gasteiger partial charge in [0.15, 0.2) is 6.10 Å². The van der Waals surface area contributed by atoms with Crippen molar-refractivity contribution >= 4 is 39.0 Å². The fourth-order valence-corrected chi connectivity index (χ4v) is 4.28. The summed E-state index contributed by atoms with van der Waals surface area (Å²) in [5.74, 6) is 0.622. The molecule has 0 aliphatic carbocycles. The summed E-state index contributed by atoms with van der Waals surface area (Å²) in [5, 5.41) is 20.5. The SMILES string of the molecule is N=C(N)c1cc2c(OC(COC(=O)Nc3cccc(CO)c3)c3ccccc3)cccc2s1. The summed E-state index contributed by atoms with van der Waals surface area (Å²) in [7, 11) is 0. The van der Waals surface area contributed by atoms with Crippen molar-refractivity contribution in [2.24, 2.45) is 5.73 Å². The van der Waals surface area contributed by atoms with E-state index in [0.717, 1.165) is 15.6 Å². The molecule has 1 unspecified atom stereocenters. The highest BCUT2D eigenvalue weighted by Gasteiger charge is 2.19. The first-order valence-electron chi connectivity index (χ1n) is 10.3. The van der Waals surface area contributed by atoms with Gasteiger partial charge in [0.05, 0.1) is 11.5 Å². The highest BCUT2D eigenvalue weighted by molar-refractivity contribution is 7.20. The van der Waals surface area contributed by atoms with Gasteiger partial charge in [0.1, 0.15) is 18.2 Å². The Balaban J connectivity index is 1.52. The molecule has 0 spiro atoms. The molecular weight excluding hydrogens is 438 g/mol. The van der Waals surface area contributed by atoms with Crippen molar-refractivity contribution in [1.82, 2.24) is 0 Å². The number of hydrogen-bond donors (Lipinski definition) is 4. The van der Waals surface area contributed by atoms with Gasteiger partial charge in [-0.05, 0) is 41.5 Å². The molecule has 0 bridgehead atoms. The fraction of sp³-hybridized carbons (Fsp3) is 0.120. The molecule has 7 nitrogen and oxygen atoms in total. The van der Waals surface area contributed by atoms with E-state index >= 15 is 0 Å².